The first-order valence-corrected chi connectivity index (χ1v) is 7.68. The smallest absolute Gasteiger partial charge is 0.207 e. The van der Waals surface area contributed by atoms with Crippen LogP contribution in [0.1, 0.15) is 13.3 Å². The predicted molar refractivity (Wildman–Crippen MR) is 85.8 cm³/mol. The topological polar surface area (TPSA) is 39.1 Å². The second-order valence-corrected chi connectivity index (χ2v) is 5.53. The van der Waals surface area contributed by atoms with Crippen molar-refractivity contribution in [3.8, 4) is 0 Å². The Hall–Kier alpha value is -1.04. The van der Waals surface area contributed by atoms with E-state index in [1.54, 1.807) is 6.20 Å². The van der Waals surface area contributed by atoms with Gasteiger partial charge in [-0.15, -0.1) is 0 Å². The fourth-order valence-corrected chi connectivity index (χ4v) is 2.33. The van der Waals surface area contributed by atoms with Gasteiger partial charge in [-0.1, -0.05) is 11.6 Å². The maximum atomic E-state index is 6.01. The summed E-state index contributed by atoms with van der Waals surface area (Å²) in [5, 5.41) is 3.97. The summed E-state index contributed by atoms with van der Waals surface area (Å²) >= 11 is 9.51. The van der Waals surface area contributed by atoms with E-state index in [0.717, 1.165) is 42.3 Å². The second-order valence-electron chi connectivity index (χ2n) is 4.24. The van der Waals surface area contributed by atoms with E-state index in [2.05, 4.69) is 30.8 Å². The molecule has 0 aliphatic heterocycles. The van der Waals surface area contributed by atoms with Crippen LogP contribution < -0.4 is 5.32 Å². The monoisotopic (exact) mass is 357 g/mol. The van der Waals surface area contributed by atoms with Crippen molar-refractivity contribution in [2.45, 2.75) is 19.9 Å². The number of rotatable bonds is 7. The Morgan fingerprint density at radius 2 is 2.30 bits per heavy atom. The van der Waals surface area contributed by atoms with Crippen LogP contribution in [0.4, 0.5) is 11.6 Å². The molecule has 6 heteroatoms. The van der Waals surface area contributed by atoms with Gasteiger partial charge in [0, 0.05) is 41.6 Å². The molecule has 1 aromatic heterocycles. The van der Waals surface area contributed by atoms with Crippen molar-refractivity contribution < 1.29 is 4.74 Å². The number of hydrogen-bond donors (Lipinski definition) is 1. The first-order chi connectivity index (χ1) is 9.70. The summed E-state index contributed by atoms with van der Waals surface area (Å²) in [5.74, 6) is 0.796. The molecule has 0 radical (unpaired) electrons. The van der Waals surface area contributed by atoms with Gasteiger partial charge in [0.1, 0.15) is 0 Å². The van der Waals surface area contributed by atoms with Crippen LogP contribution in [-0.2, 0) is 11.3 Å². The zero-order valence-electron chi connectivity index (χ0n) is 11.3. The number of nitrogens with zero attached hydrogens (tertiary/aromatic N) is 2. The Morgan fingerprint density at radius 3 is 3.10 bits per heavy atom. The average molecular weight is 359 g/mol. The molecule has 4 nitrogen and oxygen atoms in total. The van der Waals surface area contributed by atoms with E-state index < -0.39 is 0 Å². The minimum Gasteiger partial charge on any atom is -0.382 e. The average Bonchev–Trinajstić information content (AvgIpc) is 2.86. The lowest BCUT2D eigenvalue weighted by Gasteiger charge is -2.11. The number of anilines is 2. The molecule has 0 unspecified atom stereocenters. The molecule has 0 saturated carbocycles. The highest BCUT2D eigenvalue weighted by molar-refractivity contribution is 9.10. The van der Waals surface area contributed by atoms with Crippen LogP contribution >= 0.6 is 27.5 Å². The Labute approximate surface area is 132 Å². The van der Waals surface area contributed by atoms with Gasteiger partial charge in [-0.05, 0) is 47.5 Å². The van der Waals surface area contributed by atoms with Gasteiger partial charge in [0.05, 0.1) is 5.69 Å². The maximum absolute atomic E-state index is 6.01. The van der Waals surface area contributed by atoms with Crippen molar-refractivity contribution in [3.63, 3.8) is 0 Å². The zero-order chi connectivity index (χ0) is 14.4. The highest BCUT2D eigenvalue weighted by Gasteiger charge is 2.06. The third kappa shape index (κ3) is 4.23. The molecule has 1 N–H and O–H groups in total. The number of halogens is 2. The van der Waals surface area contributed by atoms with Crippen molar-refractivity contribution in [2.75, 3.05) is 18.5 Å². The van der Waals surface area contributed by atoms with Gasteiger partial charge in [-0.25, -0.2) is 4.98 Å². The van der Waals surface area contributed by atoms with Crippen molar-refractivity contribution in [2.24, 2.45) is 0 Å². The quantitative estimate of drug-likeness (QED) is 0.742. The number of aryl methyl sites for hydroxylation is 1. The lowest BCUT2D eigenvalue weighted by atomic mass is 10.3. The Morgan fingerprint density at radius 1 is 1.45 bits per heavy atom. The third-order valence-corrected chi connectivity index (χ3v) is 3.71. The van der Waals surface area contributed by atoms with E-state index in [9.17, 15) is 0 Å². The molecule has 0 fully saturated rings. The van der Waals surface area contributed by atoms with Gasteiger partial charge in [0.25, 0.3) is 0 Å². The fraction of sp³-hybridized carbons (Fsp3) is 0.357. The molecule has 0 atom stereocenters. The molecule has 0 bridgehead atoms. The Kier molecular flexibility index (Phi) is 5.88. The molecule has 2 aromatic rings. The summed E-state index contributed by atoms with van der Waals surface area (Å²) < 4.78 is 8.36. The van der Waals surface area contributed by atoms with E-state index in [4.69, 9.17) is 16.3 Å². The summed E-state index contributed by atoms with van der Waals surface area (Å²) in [5.41, 5.74) is 0.898. The summed E-state index contributed by atoms with van der Waals surface area (Å²) in [6.07, 6.45) is 4.68. The van der Waals surface area contributed by atoms with Gasteiger partial charge < -0.3 is 14.6 Å². The van der Waals surface area contributed by atoms with Gasteiger partial charge in [0.15, 0.2) is 0 Å². The van der Waals surface area contributed by atoms with Crippen molar-refractivity contribution in [1.82, 2.24) is 9.55 Å². The third-order valence-electron chi connectivity index (χ3n) is 2.78. The number of nitrogens with one attached hydrogen (secondary N) is 1. The Bertz CT molecular complexity index is 559. The number of aromatic nitrogens is 2. The van der Waals surface area contributed by atoms with Gasteiger partial charge in [-0.2, -0.15) is 0 Å². The van der Waals surface area contributed by atoms with Crippen LogP contribution in [0.25, 0.3) is 0 Å². The van der Waals surface area contributed by atoms with Crippen LogP contribution in [0.3, 0.4) is 0 Å². The van der Waals surface area contributed by atoms with Gasteiger partial charge in [0.2, 0.25) is 5.95 Å². The van der Waals surface area contributed by atoms with Crippen LogP contribution in [0, 0.1) is 0 Å². The van der Waals surface area contributed by atoms with E-state index in [1.165, 1.54) is 0 Å². The summed E-state index contributed by atoms with van der Waals surface area (Å²) in [7, 11) is 0. The van der Waals surface area contributed by atoms with Gasteiger partial charge >= 0.3 is 0 Å². The molecule has 0 aliphatic rings. The lowest BCUT2D eigenvalue weighted by molar-refractivity contribution is 0.142. The van der Waals surface area contributed by atoms with E-state index >= 15 is 0 Å². The van der Waals surface area contributed by atoms with Crippen molar-refractivity contribution >= 4 is 39.2 Å². The largest absolute Gasteiger partial charge is 0.382 e. The first-order valence-electron chi connectivity index (χ1n) is 6.51. The SMILES string of the molecule is CCOCCCn1ccnc1Nc1cc(Cl)ccc1Br. The lowest BCUT2D eigenvalue weighted by Crippen LogP contribution is -2.06. The fourth-order valence-electron chi connectivity index (χ4n) is 1.81. The van der Waals surface area contributed by atoms with E-state index in [0.29, 0.717) is 5.02 Å². The summed E-state index contributed by atoms with van der Waals surface area (Å²) in [4.78, 5) is 4.33. The molecular weight excluding hydrogens is 342 g/mol. The Balaban J connectivity index is 2.02. The van der Waals surface area contributed by atoms with Crippen LogP contribution in [0.2, 0.25) is 5.02 Å². The maximum Gasteiger partial charge on any atom is 0.207 e. The first kappa shape index (κ1) is 15.4. The molecule has 0 aliphatic carbocycles. The molecule has 0 amide bonds. The van der Waals surface area contributed by atoms with Gasteiger partial charge in [-0.3, -0.25) is 0 Å². The number of imidazole rings is 1. The molecule has 1 heterocycles. The molecule has 20 heavy (non-hydrogen) atoms. The molecular formula is C14H17BrClN3O. The van der Waals surface area contributed by atoms with Crippen molar-refractivity contribution in [3.05, 3.63) is 40.1 Å². The minimum atomic E-state index is 0.685. The number of benzene rings is 1. The molecule has 0 saturated heterocycles. The van der Waals surface area contributed by atoms with Crippen LogP contribution in [0.15, 0.2) is 35.1 Å². The molecule has 1 aromatic carbocycles. The molecule has 2 rings (SSSR count). The second kappa shape index (κ2) is 7.67. The number of ether oxygens (including phenoxy) is 1. The molecule has 108 valence electrons. The minimum absolute atomic E-state index is 0.685. The highest BCUT2D eigenvalue weighted by atomic mass is 79.9. The van der Waals surface area contributed by atoms with E-state index in [-0.39, 0.29) is 0 Å². The summed E-state index contributed by atoms with van der Waals surface area (Å²) in [6.45, 7) is 4.38. The number of hydrogen-bond acceptors (Lipinski definition) is 3. The van der Waals surface area contributed by atoms with E-state index in [1.807, 2.05) is 31.3 Å². The highest BCUT2D eigenvalue weighted by Crippen LogP contribution is 2.28. The van der Waals surface area contributed by atoms with Crippen LogP contribution in [0.5, 0.6) is 0 Å². The molecule has 0 spiro atoms. The standard InChI is InChI=1S/C14H17BrClN3O/c1-2-20-9-3-7-19-8-6-17-14(19)18-13-10-11(16)4-5-12(13)15/h4-6,8,10H,2-3,7,9H2,1H3,(H,17,18). The zero-order valence-corrected chi connectivity index (χ0v) is 13.6. The normalized spacial score (nSPS) is 10.8. The van der Waals surface area contributed by atoms with Crippen molar-refractivity contribution in [1.29, 1.82) is 0 Å². The summed E-state index contributed by atoms with van der Waals surface area (Å²) in [6, 6.07) is 5.61. The predicted octanol–water partition coefficient (Wildman–Crippen LogP) is 4.47. The van der Waals surface area contributed by atoms with Crippen LogP contribution in [-0.4, -0.2) is 22.8 Å².